The van der Waals surface area contributed by atoms with Gasteiger partial charge in [0.2, 0.25) is 5.89 Å². The Morgan fingerprint density at radius 3 is 2.71 bits per heavy atom. The van der Waals surface area contributed by atoms with Gasteiger partial charge in [-0.2, -0.15) is 4.98 Å². The van der Waals surface area contributed by atoms with Gasteiger partial charge in [0.15, 0.2) is 5.82 Å². The fourth-order valence-corrected chi connectivity index (χ4v) is 1.56. The van der Waals surface area contributed by atoms with Crippen LogP contribution in [0.1, 0.15) is 17.3 Å². The van der Waals surface area contributed by atoms with Crippen molar-refractivity contribution in [1.82, 2.24) is 15.5 Å². The van der Waals surface area contributed by atoms with Crippen LogP contribution in [-0.2, 0) is 16.1 Å². The third kappa shape index (κ3) is 3.85. The largest absolute Gasteiger partial charge is 0.339 e. The number of hydrogen-bond acceptors (Lipinski definition) is 5. The number of aromatic nitrogens is 2. The SMILES string of the molecule is Cc1noc(CNC(=O)C(=O)Nc2cc(F)ccc2C)n1. The zero-order valence-electron chi connectivity index (χ0n) is 11.4. The second-order valence-corrected chi connectivity index (χ2v) is 4.33. The van der Waals surface area contributed by atoms with E-state index in [1.165, 1.54) is 12.1 Å². The first kappa shape index (κ1) is 14.6. The van der Waals surface area contributed by atoms with Crippen molar-refractivity contribution in [3.05, 3.63) is 41.3 Å². The molecule has 0 radical (unpaired) electrons. The zero-order chi connectivity index (χ0) is 15.4. The summed E-state index contributed by atoms with van der Waals surface area (Å²) < 4.78 is 17.9. The van der Waals surface area contributed by atoms with E-state index in [1.54, 1.807) is 13.8 Å². The van der Waals surface area contributed by atoms with Gasteiger partial charge in [0.05, 0.1) is 6.54 Å². The first-order chi connectivity index (χ1) is 9.95. The van der Waals surface area contributed by atoms with Crippen molar-refractivity contribution in [2.24, 2.45) is 0 Å². The van der Waals surface area contributed by atoms with Gasteiger partial charge in [-0.1, -0.05) is 11.2 Å². The molecule has 0 saturated heterocycles. The molecule has 8 heteroatoms. The predicted molar refractivity (Wildman–Crippen MR) is 70.6 cm³/mol. The Kier molecular flexibility index (Phi) is 4.27. The lowest BCUT2D eigenvalue weighted by Crippen LogP contribution is -2.35. The molecule has 0 aliphatic heterocycles. The summed E-state index contributed by atoms with van der Waals surface area (Å²) in [6, 6.07) is 3.91. The molecule has 2 rings (SSSR count). The normalized spacial score (nSPS) is 10.2. The van der Waals surface area contributed by atoms with E-state index in [1.807, 2.05) is 0 Å². The smallest absolute Gasteiger partial charge is 0.313 e. The molecule has 0 unspecified atom stereocenters. The lowest BCUT2D eigenvalue weighted by Gasteiger charge is -2.08. The number of hydrogen-bond donors (Lipinski definition) is 2. The summed E-state index contributed by atoms with van der Waals surface area (Å²) in [5.74, 6) is -1.67. The summed E-state index contributed by atoms with van der Waals surface area (Å²) in [6.07, 6.45) is 0. The lowest BCUT2D eigenvalue weighted by molar-refractivity contribution is -0.136. The van der Waals surface area contributed by atoms with Crippen molar-refractivity contribution in [3.8, 4) is 0 Å². The number of carbonyl (C=O) groups is 2. The highest BCUT2D eigenvalue weighted by molar-refractivity contribution is 6.39. The van der Waals surface area contributed by atoms with Crippen LogP contribution in [0.2, 0.25) is 0 Å². The maximum Gasteiger partial charge on any atom is 0.313 e. The number of nitrogens with zero attached hydrogens (tertiary/aromatic N) is 2. The van der Waals surface area contributed by atoms with Crippen molar-refractivity contribution in [1.29, 1.82) is 0 Å². The van der Waals surface area contributed by atoms with Crippen LogP contribution in [-0.4, -0.2) is 22.0 Å². The third-order valence-corrected chi connectivity index (χ3v) is 2.62. The van der Waals surface area contributed by atoms with Gasteiger partial charge in [-0.15, -0.1) is 0 Å². The van der Waals surface area contributed by atoms with E-state index in [4.69, 9.17) is 4.52 Å². The van der Waals surface area contributed by atoms with Crippen molar-refractivity contribution in [2.75, 3.05) is 5.32 Å². The molecule has 0 aliphatic rings. The molecular weight excluding hydrogens is 279 g/mol. The van der Waals surface area contributed by atoms with Gasteiger partial charge in [0.25, 0.3) is 0 Å². The second kappa shape index (κ2) is 6.12. The number of amides is 2. The summed E-state index contributed by atoms with van der Waals surface area (Å²) >= 11 is 0. The van der Waals surface area contributed by atoms with Gasteiger partial charge >= 0.3 is 11.8 Å². The van der Waals surface area contributed by atoms with Gasteiger partial charge in [-0.25, -0.2) is 4.39 Å². The minimum atomic E-state index is -0.903. The summed E-state index contributed by atoms with van der Waals surface area (Å²) in [7, 11) is 0. The standard InChI is InChI=1S/C13H13FN4O3/c1-7-3-4-9(14)5-10(7)17-13(20)12(19)15-6-11-16-8(2)18-21-11/h3-5H,6H2,1-2H3,(H,15,19)(H,17,20). The van der Waals surface area contributed by atoms with Crippen LogP contribution < -0.4 is 10.6 Å². The monoisotopic (exact) mass is 292 g/mol. The molecule has 0 saturated carbocycles. The molecule has 0 bridgehead atoms. The first-order valence-electron chi connectivity index (χ1n) is 6.10. The Morgan fingerprint density at radius 1 is 1.29 bits per heavy atom. The number of rotatable bonds is 3. The minimum Gasteiger partial charge on any atom is -0.339 e. The Hall–Kier alpha value is -2.77. The topological polar surface area (TPSA) is 97.1 Å². The summed E-state index contributed by atoms with van der Waals surface area (Å²) in [6.45, 7) is 3.26. The van der Waals surface area contributed by atoms with E-state index < -0.39 is 17.6 Å². The van der Waals surface area contributed by atoms with Crippen LogP contribution in [0.25, 0.3) is 0 Å². The average Bonchev–Trinajstić information content (AvgIpc) is 2.86. The number of halogens is 1. The highest BCUT2D eigenvalue weighted by Crippen LogP contribution is 2.15. The molecule has 0 aliphatic carbocycles. The maximum atomic E-state index is 13.1. The van der Waals surface area contributed by atoms with Crippen molar-refractivity contribution < 1.29 is 18.5 Å². The van der Waals surface area contributed by atoms with Crippen LogP contribution in [0.5, 0.6) is 0 Å². The Labute approximate surface area is 119 Å². The van der Waals surface area contributed by atoms with Crippen molar-refractivity contribution >= 4 is 17.5 Å². The van der Waals surface area contributed by atoms with E-state index in [9.17, 15) is 14.0 Å². The molecule has 0 atom stereocenters. The average molecular weight is 292 g/mol. The second-order valence-electron chi connectivity index (χ2n) is 4.33. The number of anilines is 1. The zero-order valence-corrected chi connectivity index (χ0v) is 11.4. The number of nitrogens with one attached hydrogen (secondary N) is 2. The summed E-state index contributed by atoms with van der Waals surface area (Å²) in [4.78, 5) is 27.2. The Balaban J connectivity index is 1.93. The van der Waals surface area contributed by atoms with Crippen LogP contribution in [0.15, 0.2) is 22.7 Å². The third-order valence-electron chi connectivity index (χ3n) is 2.62. The quantitative estimate of drug-likeness (QED) is 0.825. The fourth-order valence-electron chi connectivity index (χ4n) is 1.56. The van der Waals surface area contributed by atoms with Crippen LogP contribution >= 0.6 is 0 Å². The molecule has 2 N–H and O–H groups in total. The molecule has 21 heavy (non-hydrogen) atoms. The highest BCUT2D eigenvalue weighted by atomic mass is 19.1. The predicted octanol–water partition coefficient (Wildman–Crippen LogP) is 1.08. The highest BCUT2D eigenvalue weighted by Gasteiger charge is 2.16. The van der Waals surface area contributed by atoms with Crippen molar-refractivity contribution in [3.63, 3.8) is 0 Å². The van der Waals surface area contributed by atoms with Gasteiger partial charge in [0, 0.05) is 5.69 Å². The minimum absolute atomic E-state index is 0.0603. The summed E-state index contributed by atoms with van der Waals surface area (Å²) in [5, 5.41) is 8.21. The molecule has 7 nitrogen and oxygen atoms in total. The molecule has 1 aromatic carbocycles. The Morgan fingerprint density at radius 2 is 2.05 bits per heavy atom. The molecule has 110 valence electrons. The van der Waals surface area contributed by atoms with Gasteiger partial charge in [-0.05, 0) is 31.5 Å². The van der Waals surface area contributed by atoms with E-state index in [-0.39, 0.29) is 18.1 Å². The lowest BCUT2D eigenvalue weighted by atomic mass is 10.2. The molecule has 2 amide bonds. The molecule has 1 heterocycles. The number of benzene rings is 1. The first-order valence-corrected chi connectivity index (χ1v) is 6.10. The van der Waals surface area contributed by atoms with E-state index >= 15 is 0 Å². The number of carbonyl (C=O) groups excluding carboxylic acids is 2. The maximum absolute atomic E-state index is 13.1. The van der Waals surface area contributed by atoms with Crippen molar-refractivity contribution in [2.45, 2.75) is 20.4 Å². The fraction of sp³-hybridized carbons (Fsp3) is 0.231. The molecule has 0 spiro atoms. The van der Waals surface area contributed by atoms with E-state index in [0.29, 0.717) is 11.4 Å². The molecule has 1 aromatic heterocycles. The van der Waals surface area contributed by atoms with Gasteiger partial charge in [0.1, 0.15) is 5.82 Å². The number of aryl methyl sites for hydroxylation is 2. The van der Waals surface area contributed by atoms with E-state index in [0.717, 1.165) is 6.07 Å². The van der Waals surface area contributed by atoms with Crippen LogP contribution in [0.3, 0.4) is 0 Å². The van der Waals surface area contributed by atoms with Crippen LogP contribution in [0, 0.1) is 19.7 Å². The van der Waals surface area contributed by atoms with E-state index in [2.05, 4.69) is 20.8 Å². The molecule has 0 fully saturated rings. The summed E-state index contributed by atoms with van der Waals surface area (Å²) in [5.41, 5.74) is 0.883. The molecular formula is C13H13FN4O3. The Bertz CT molecular complexity index is 684. The van der Waals surface area contributed by atoms with Gasteiger partial charge < -0.3 is 15.2 Å². The van der Waals surface area contributed by atoms with Crippen LogP contribution in [0.4, 0.5) is 10.1 Å². The van der Waals surface area contributed by atoms with Gasteiger partial charge in [-0.3, -0.25) is 9.59 Å². The molecule has 2 aromatic rings.